The summed E-state index contributed by atoms with van der Waals surface area (Å²) in [5.74, 6) is 0. The number of azide groups is 1. The van der Waals surface area contributed by atoms with Crippen molar-refractivity contribution in [3.8, 4) is 0 Å². The third-order valence-electron chi connectivity index (χ3n) is 2.05. The third kappa shape index (κ3) is 2.95. The fourth-order valence-electron chi connectivity index (χ4n) is 1.42. The molecule has 1 fully saturated rings. The first-order valence-electron chi connectivity index (χ1n) is 4.40. The van der Waals surface area contributed by atoms with Crippen LogP contribution in [0.5, 0.6) is 0 Å². The summed E-state index contributed by atoms with van der Waals surface area (Å²) in [6.07, 6.45) is 3.53. The Hall–Kier alpha value is -1.75. The molecule has 1 saturated carbocycles. The molecule has 0 aromatic heterocycles. The van der Waals surface area contributed by atoms with E-state index in [-0.39, 0.29) is 6.04 Å². The molecule has 1 atom stereocenters. The summed E-state index contributed by atoms with van der Waals surface area (Å²) in [5, 5.41) is 7.41. The first-order valence-corrected chi connectivity index (χ1v) is 4.40. The van der Waals surface area contributed by atoms with Crippen LogP contribution in [0.1, 0.15) is 25.7 Å². The number of amides is 2. The number of nitrogens with two attached hydrogens (primary N) is 1. The number of hydrazone groups is 1. The average molecular weight is 196 g/mol. The highest BCUT2D eigenvalue weighted by molar-refractivity contribution is 5.91. The van der Waals surface area contributed by atoms with Crippen LogP contribution in [0.3, 0.4) is 0 Å². The van der Waals surface area contributed by atoms with Crippen LogP contribution in [0.25, 0.3) is 10.4 Å². The molecule has 0 spiro atoms. The van der Waals surface area contributed by atoms with Crippen molar-refractivity contribution in [3.05, 3.63) is 10.4 Å². The van der Waals surface area contributed by atoms with E-state index in [0.29, 0.717) is 5.71 Å². The summed E-state index contributed by atoms with van der Waals surface area (Å²) in [6.45, 7) is 0. The highest BCUT2D eigenvalue weighted by Crippen LogP contribution is 2.18. The van der Waals surface area contributed by atoms with Gasteiger partial charge in [0.05, 0.1) is 6.04 Å². The molecule has 2 amide bonds. The maximum atomic E-state index is 10.4. The van der Waals surface area contributed by atoms with Crippen LogP contribution in [-0.2, 0) is 0 Å². The van der Waals surface area contributed by atoms with Crippen LogP contribution in [0, 0.1) is 0 Å². The zero-order valence-electron chi connectivity index (χ0n) is 7.68. The van der Waals surface area contributed by atoms with Crippen LogP contribution in [0.15, 0.2) is 10.2 Å². The van der Waals surface area contributed by atoms with Gasteiger partial charge in [-0.3, -0.25) is 0 Å². The number of hydrogen-bond acceptors (Lipinski definition) is 3. The van der Waals surface area contributed by atoms with Crippen molar-refractivity contribution in [1.82, 2.24) is 5.43 Å². The van der Waals surface area contributed by atoms with Crippen molar-refractivity contribution >= 4 is 11.7 Å². The second-order valence-corrected chi connectivity index (χ2v) is 3.05. The summed E-state index contributed by atoms with van der Waals surface area (Å²) < 4.78 is 0. The third-order valence-corrected chi connectivity index (χ3v) is 2.05. The van der Waals surface area contributed by atoms with Gasteiger partial charge in [-0.05, 0) is 24.8 Å². The second-order valence-electron chi connectivity index (χ2n) is 3.05. The SMILES string of the molecule is [N-]=[N+]=NC1CCCC/C1=N\NC(N)=O. The van der Waals surface area contributed by atoms with Gasteiger partial charge in [-0.2, -0.15) is 5.10 Å². The molecule has 0 aliphatic heterocycles. The van der Waals surface area contributed by atoms with E-state index in [1.807, 2.05) is 0 Å². The monoisotopic (exact) mass is 196 g/mol. The molecule has 0 heterocycles. The van der Waals surface area contributed by atoms with Crippen LogP contribution >= 0.6 is 0 Å². The summed E-state index contributed by atoms with van der Waals surface area (Å²) in [6, 6.07) is -0.941. The zero-order valence-corrected chi connectivity index (χ0v) is 7.68. The Morgan fingerprint density at radius 3 is 3.07 bits per heavy atom. The van der Waals surface area contributed by atoms with E-state index < -0.39 is 6.03 Å². The quantitative estimate of drug-likeness (QED) is 0.294. The van der Waals surface area contributed by atoms with Crippen molar-refractivity contribution in [2.75, 3.05) is 0 Å². The van der Waals surface area contributed by atoms with Gasteiger partial charge in [0.1, 0.15) is 0 Å². The summed E-state index contributed by atoms with van der Waals surface area (Å²) in [4.78, 5) is 13.1. The molecule has 0 bridgehead atoms. The molecular formula is C7H12N6O. The van der Waals surface area contributed by atoms with Crippen LogP contribution < -0.4 is 11.2 Å². The lowest BCUT2D eigenvalue weighted by Crippen LogP contribution is -2.30. The minimum absolute atomic E-state index is 0.236. The van der Waals surface area contributed by atoms with Gasteiger partial charge in [0.15, 0.2) is 0 Å². The lowest BCUT2D eigenvalue weighted by atomic mass is 9.94. The van der Waals surface area contributed by atoms with Crippen LogP contribution in [-0.4, -0.2) is 17.8 Å². The number of hydrogen-bond donors (Lipinski definition) is 2. The molecule has 76 valence electrons. The summed E-state index contributed by atoms with van der Waals surface area (Å²) >= 11 is 0. The number of nitrogens with zero attached hydrogens (tertiary/aromatic N) is 4. The number of nitrogens with one attached hydrogen (secondary N) is 1. The minimum atomic E-state index is -0.706. The fourth-order valence-corrected chi connectivity index (χ4v) is 1.42. The maximum absolute atomic E-state index is 10.4. The number of carbonyl (C=O) groups is 1. The highest BCUT2D eigenvalue weighted by atomic mass is 16.2. The molecule has 14 heavy (non-hydrogen) atoms. The predicted octanol–water partition coefficient (Wildman–Crippen LogP) is 1.26. The molecule has 0 aromatic rings. The first kappa shape index (κ1) is 10.3. The number of rotatable bonds is 2. The van der Waals surface area contributed by atoms with Gasteiger partial charge in [-0.25, -0.2) is 10.2 Å². The standard InChI is InChI=1S/C7H12N6O/c8-7(14)12-10-5-3-1-2-4-6(5)11-13-9/h6H,1-4H2,(H3,8,12,14)/b10-5+. The summed E-state index contributed by atoms with van der Waals surface area (Å²) in [5.41, 5.74) is 16.0. The Morgan fingerprint density at radius 2 is 2.43 bits per heavy atom. The van der Waals surface area contributed by atoms with Gasteiger partial charge >= 0.3 is 6.03 Å². The Kier molecular flexibility index (Phi) is 3.75. The first-order chi connectivity index (χ1) is 6.74. The van der Waals surface area contributed by atoms with E-state index in [1.165, 1.54) is 0 Å². The number of carbonyl (C=O) groups excluding carboxylic acids is 1. The highest BCUT2D eigenvalue weighted by Gasteiger charge is 2.19. The van der Waals surface area contributed by atoms with Gasteiger partial charge in [0, 0.05) is 10.6 Å². The lowest BCUT2D eigenvalue weighted by molar-refractivity contribution is 0.249. The van der Waals surface area contributed by atoms with Crippen molar-refractivity contribution in [3.63, 3.8) is 0 Å². The van der Waals surface area contributed by atoms with Gasteiger partial charge < -0.3 is 5.73 Å². The van der Waals surface area contributed by atoms with Gasteiger partial charge in [0.2, 0.25) is 0 Å². The number of urea groups is 1. The Morgan fingerprint density at radius 1 is 1.64 bits per heavy atom. The van der Waals surface area contributed by atoms with Gasteiger partial charge in [0.25, 0.3) is 0 Å². The van der Waals surface area contributed by atoms with Crippen LogP contribution in [0.2, 0.25) is 0 Å². The lowest BCUT2D eigenvalue weighted by Gasteiger charge is -2.19. The topological polar surface area (TPSA) is 116 Å². The Labute approximate surface area is 81.0 Å². The second kappa shape index (κ2) is 5.08. The molecular weight excluding hydrogens is 184 g/mol. The van der Waals surface area contributed by atoms with E-state index in [1.54, 1.807) is 0 Å². The van der Waals surface area contributed by atoms with E-state index in [9.17, 15) is 4.79 Å². The number of primary amides is 1. The molecule has 0 radical (unpaired) electrons. The predicted molar refractivity (Wildman–Crippen MR) is 51.6 cm³/mol. The zero-order chi connectivity index (χ0) is 10.4. The normalized spacial score (nSPS) is 24.0. The van der Waals surface area contributed by atoms with Crippen LogP contribution in [0.4, 0.5) is 4.79 Å². The van der Waals surface area contributed by atoms with Crippen molar-refractivity contribution in [2.24, 2.45) is 15.9 Å². The molecule has 7 heteroatoms. The molecule has 3 N–H and O–H groups in total. The summed E-state index contributed by atoms with van der Waals surface area (Å²) in [7, 11) is 0. The Bertz CT molecular complexity index is 293. The van der Waals surface area contributed by atoms with E-state index in [2.05, 4.69) is 20.6 Å². The Balaban J connectivity index is 2.66. The van der Waals surface area contributed by atoms with E-state index in [4.69, 9.17) is 11.3 Å². The fraction of sp³-hybridized carbons (Fsp3) is 0.714. The van der Waals surface area contributed by atoms with Gasteiger partial charge in [-0.15, -0.1) is 0 Å². The van der Waals surface area contributed by atoms with Crippen molar-refractivity contribution < 1.29 is 4.79 Å². The van der Waals surface area contributed by atoms with Crippen molar-refractivity contribution in [1.29, 1.82) is 0 Å². The molecule has 0 saturated heterocycles. The molecule has 1 aliphatic carbocycles. The molecule has 1 aliphatic rings. The molecule has 1 rings (SSSR count). The molecule has 0 aromatic carbocycles. The average Bonchev–Trinajstić information content (AvgIpc) is 2.17. The largest absolute Gasteiger partial charge is 0.350 e. The minimum Gasteiger partial charge on any atom is -0.350 e. The molecule has 7 nitrogen and oxygen atoms in total. The smallest absolute Gasteiger partial charge is 0.332 e. The van der Waals surface area contributed by atoms with E-state index >= 15 is 0 Å². The molecule has 1 unspecified atom stereocenters. The van der Waals surface area contributed by atoms with Crippen molar-refractivity contribution in [2.45, 2.75) is 31.7 Å². The maximum Gasteiger partial charge on any atom is 0.332 e. The van der Waals surface area contributed by atoms with E-state index in [0.717, 1.165) is 25.7 Å². The van der Waals surface area contributed by atoms with Gasteiger partial charge in [-0.1, -0.05) is 11.5 Å².